The molecule has 26 heavy (non-hydrogen) atoms. The molecule has 0 N–H and O–H groups in total. The molecule has 3 aromatic rings. The average Bonchev–Trinajstić information content (AvgIpc) is 2.87. The topological polar surface area (TPSA) is 31.2 Å². The molecule has 5 heteroatoms. The summed E-state index contributed by atoms with van der Waals surface area (Å²) < 4.78 is 9.79. The Kier molecular flexibility index (Phi) is 6.07. The summed E-state index contributed by atoms with van der Waals surface area (Å²) in [4.78, 5) is 12.4. The summed E-state index contributed by atoms with van der Waals surface area (Å²) in [6.07, 6.45) is 0. The fourth-order valence-corrected chi connectivity index (χ4v) is 4.11. The zero-order valence-electron chi connectivity index (χ0n) is 15.1. The SMILES string of the molecule is CCOC(=O)C(C)c1c(C)n(Cc2ccc(I)cc2)c2ccc(Br)cc12. The molecule has 0 saturated carbocycles. The number of ether oxygens (including phenoxy) is 1. The monoisotopic (exact) mass is 525 g/mol. The Morgan fingerprint density at radius 2 is 1.92 bits per heavy atom. The van der Waals surface area contributed by atoms with Gasteiger partial charge < -0.3 is 9.30 Å². The van der Waals surface area contributed by atoms with E-state index >= 15 is 0 Å². The molecule has 0 bridgehead atoms. The summed E-state index contributed by atoms with van der Waals surface area (Å²) in [6, 6.07) is 14.8. The highest BCUT2D eigenvalue weighted by Gasteiger charge is 2.25. The van der Waals surface area contributed by atoms with Crippen molar-refractivity contribution in [2.75, 3.05) is 6.61 Å². The Bertz CT molecular complexity index is 947. The van der Waals surface area contributed by atoms with E-state index in [0.717, 1.165) is 33.2 Å². The van der Waals surface area contributed by atoms with Crippen LogP contribution in [-0.2, 0) is 16.1 Å². The van der Waals surface area contributed by atoms with Crippen molar-refractivity contribution in [1.82, 2.24) is 4.57 Å². The van der Waals surface area contributed by atoms with Crippen LogP contribution in [0.4, 0.5) is 0 Å². The van der Waals surface area contributed by atoms with Crippen LogP contribution < -0.4 is 0 Å². The molecule has 2 aromatic carbocycles. The minimum Gasteiger partial charge on any atom is -0.466 e. The zero-order valence-corrected chi connectivity index (χ0v) is 18.8. The lowest BCUT2D eigenvalue weighted by Crippen LogP contribution is -2.14. The number of hydrogen-bond donors (Lipinski definition) is 0. The first kappa shape index (κ1) is 19.4. The summed E-state index contributed by atoms with van der Waals surface area (Å²) in [6.45, 7) is 7.03. The molecular weight excluding hydrogens is 505 g/mol. The van der Waals surface area contributed by atoms with E-state index in [1.165, 1.54) is 9.13 Å². The number of nitrogens with zero attached hydrogens (tertiary/aromatic N) is 1. The zero-order chi connectivity index (χ0) is 18.8. The Labute approximate surface area is 176 Å². The summed E-state index contributed by atoms with van der Waals surface area (Å²) in [5, 5.41) is 1.10. The summed E-state index contributed by atoms with van der Waals surface area (Å²) in [5.74, 6) is -0.478. The van der Waals surface area contributed by atoms with Crippen LogP contribution in [-0.4, -0.2) is 17.1 Å². The van der Waals surface area contributed by atoms with Crippen LogP contribution in [0.2, 0.25) is 0 Å². The molecule has 0 fully saturated rings. The van der Waals surface area contributed by atoms with E-state index in [2.05, 4.69) is 86.4 Å². The second-order valence-electron chi connectivity index (χ2n) is 6.35. The normalized spacial score (nSPS) is 12.3. The maximum atomic E-state index is 12.4. The van der Waals surface area contributed by atoms with Crippen LogP contribution >= 0.6 is 38.5 Å². The van der Waals surface area contributed by atoms with Crippen molar-refractivity contribution in [2.24, 2.45) is 0 Å². The van der Waals surface area contributed by atoms with Crippen LogP contribution in [0.5, 0.6) is 0 Å². The molecule has 0 spiro atoms. The van der Waals surface area contributed by atoms with Gasteiger partial charge in [0.25, 0.3) is 0 Å². The third kappa shape index (κ3) is 3.83. The van der Waals surface area contributed by atoms with E-state index < -0.39 is 0 Å². The number of hydrogen-bond acceptors (Lipinski definition) is 2. The van der Waals surface area contributed by atoms with E-state index in [0.29, 0.717) is 6.61 Å². The van der Waals surface area contributed by atoms with Crippen molar-refractivity contribution < 1.29 is 9.53 Å². The summed E-state index contributed by atoms with van der Waals surface area (Å²) >= 11 is 5.88. The van der Waals surface area contributed by atoms with Crippen LogP contribution in [0, 0.1) is 10.5 Å². The Hall–Kier alpha value is -1.34. The second-order valence-corrected chi connectivity index (χ2v) is 8.51. The number of carbonyl (C=O) groups excluding carboxylic acids is 1. The standard InChI is InChI=1S/C21H21BrINO2/c1-4-26-21(25)13(2)20-14(3)24(12-15-5-8-17(23)9-6-15)19-10-7-16(22)11-18(19)20/h5-11,13H,4,12H2,1-3H3. The van der Waals surface area contributed by atoms with Crippen LogP contribution in [0.3, 0.4) is 0 Å². The van der Waals surface area contributed by atoms with Gasteiger partial charge in [-0.3, -0.25) is 4.79 Å². The molecule has 136 valence electrons. The van der Waals surface area contributed by atoms with Gasteiger partial charge in [0.05, 0.1) is 12.5 Å². The molecule has 0 aliphatic carbocycles. The number of fused-ring (bicyclic) bond motifs is 1. The molecule has 3 nitrogen and oxygen atoms in total. The van der Waals surface area contributed by atoms with Crippen LogP contribution in [0.15, 0.2) is 46.9 Å². The van der Waals surface area contributed by atoms with Crippen molar-refractivity contribution in [3.63, 3.8) is 0 Å². The molecule has 0 amide bonds. The first-order valence-corrected chi connectivity index (χ1v) is 10.5. The second kappa shape index (κ2) is 8.13. The fourth-order valence-electron chi connectivity index (χ4n) is 3.39. The largest absolute Gasteiger partial charge is 0.466 e. The number of rotatable bonds is 5. The molecule has 1 aromatic heterocycles. The van der Waals surface area contributed by atoms with Gasteiger partial charge in [-0.1, -0.05) is 28.1 Å². The number of benzene rings is 2. The lowest BCUT2D eigenvalue weighted by atomic mass is 9.98. The predicted octanol–water partition coefficient (Wildman–Crippen LogP) is 6.03. The highest BCUT2D eigenvalue weighted by molar-refractivity contribution is 14.1. The number of aromatic nitrogens is 1. The van der Waals surface area contributed by atoms with Crippen molar-refractivity contribution in [3.05, 3.63) is 67.3 Å². The van der Waals surface area contributed by atoms with Crippen molar-refractivity contribution in [2.45, 2.75) is 33.2 Å². The van der Waals surface area contributed by atoms with Gasteiger partial charge in [0.1, 0.15) is 0 Å². The smallest absolute Gasteiger partial charge is 0.313 e. The number of carbonyl (C=O) groups is 1. The van der Waals surface area contributed by atoms with E-state index in [1.54, 1.807) is 0 Å². The summed E-state index contributed by atoms with van der Waals surface area (Å²) in [7, 11) is 0. The van der Waals surface area contributed by atoms with E-state index in [4.69, 9.17) is 4.74 Å². The molecule has 1 heterocycles. The van der Waals surface area contributed by atoms with Gasteiger partial charge in [-0.05, 0) is 84.8 Å². The molecule has 1 atom stereocenters. The van der Waals surface area contributed by atoms with Gasteiger partial charge >= 0.3 is 5.97 Å². The average molecular weight is 526 g/mol. The molecule has 0 aliphatic heterocycles. The van der Waals surface area contributed by atoms with Crippen molar-refractivity contribution >= 4 is 55.4 Å². The predicted molar refractivity (Wildman–Crippen MR) is 118 cm³/mol. The molecule has 0 radical (unpaired) electrons. The van der Waals surface area contributed by atoms with E-state index in [1.807, 2.05) is 19.9 Å². The quantitative estimate of drug-likeness (QED) is 0.301. The Morgan fingerprint density at radius 3 is 2.58 bits per heavy atom. The Balaban J connectivity index is 2.13. The third-order valence-electron chi connectivity index (χ3n) is 4.66. The van der Waals surface area contributed by atoms with Crippen LogP contribution in [0.1, 0.15) is 36.6 Å². The fraction of sp³-hybridized carbons (Fsp3) is 0.286. The molecule has 1 unspecified atom stereocenters. The third-order valence-corrected chi connectivity index (χ3v) is 5.87. The van der Waals surface area contributed by atoms with Gasteiger partial charge in [-0.25, -0.2) is 0 Å². The lowest BCUT2D eigenvalue weighted by molar-refractivity contribution is -0.144. The minimum absolute atomic E-state index is 0.177. The number of esters is 1. The highest BCUT2D eigenvalue weighted by Crippen LogP contribution is 2.34. The highest BCUT2D eigenvalue weighted by atomic mass is 127. The van der Waals surface area contributed by atoms with Gasteiger partial charge in [0.2, 0.25) is 0 Å². The van der Waals surface area contributed by atoms with Crippen molar-refractivity contribution in [1.29, 1.82) is 0 Å². The van der Waals surface area contributed by atoms with Crippen LogP contribution in [0.25, 0.3) is 10.9 Å². The van der Waals surface area contributed by atoms with Gasteiger partial charge in [0, 0.05) is 31.2 Å². The lowest BCUT2D eigenvalue weighted by Gasteiger charge is -2.13. The van der Waals surface area contributed by atoms with E-state index in [-0.39, 0.29) is 11.9 Å². The Morgan fingerprint density at radius 1 is 1.23 bits per heavy atom. The van der Waals surface area contributed by atoms with Crippen molar-refractivity contribution in [3.8, 4) is 0 Å². The maximum Gasteiger partial charge on any atom is 0.313 e. The maximum absolute atomic E-state index is 12.4. The first-order valence-electron chi connectivity index (χ1n) is 8.61. The van der Waals surface area contributed by atoms with Gasteiger partial charge in [-0.2, -0.15) is 0 Å². The molecule has 0 saturated heterocycles. The first-order chi connectivity index (χ1) is 12.4. The van der Waals surface area contributed by atoms with Gasteiger partial charge in [0.15, 0.2) is 0 Å². The van der Waals surface area contributed by atoms with Gasteiger partial charge in [-0.15, -0.1) is 0 Å². The number of halogens is 2. The molecule has 3 rings (SSSR count). The molecule has 0 aliphatic rings. The summed E-state index contributed by atoms with van der Waals surface area (Å²) in [5.41, 5.74) is 4.53. The minimum atomic E-state index is -0.301. The van der Waals surface area contributed by atoms with E-state index in [9.17, 15) is 4.79 Å². The molecular formula is C21H21BrINO2.